The minimum atomic E-state index is -0.327. The highest BCUT2D eigenvalue weighted by molar-refractivity contribution is 5.93. The van der Waals surface area contributed by atoms with Gasteiger partial charge in [-0.3, -0.25) is 9.59 Å². The van der Waals surface area contributed by atoms with Crippen LogP contribution < -0.4 is 11.5 Å². The largest absolute Gasteiger partial charge is 0.366 e. The van der Waals surface area contributed by atoms with E-state index in [0.29, 0.717) is 12.8 Å². The molecule has 0 radical (unpaired) electrons. The number of carbonyl (C=O) groups excluding carboxylic acids is 2. The summed E-state index contributed by atoms with van der Waals surface area (Å²) in [4.78, 5) is 23.6. The van der Waals surface area contributed by atoms with Gasteiger partial charge in [0.1, 0.15) is 0 Å². The second-order valence-electron chi connectivity index (χ2n) is 7.66. The van der Waals surface area contributed by atoms with Crippen molar-refractivity contribution in [1.82, 2.24) is 0 Å². The second kappa shape index (κ2) is 10.8. The third-order valence-corrected chi connectivity index (χ3v) is 5.78. The van der Waals surface area contributed by atoms with Crippen LogP contribution >= 0.6 is 0 Å². The van der Waals surface area contributed by atoms with E-state index >= 15 is 0 Å². The van der Waals surface area contributed by atoms with Crippen molar-refractivity contribution < 1.29 is 9.59 Å². The Balaban J connectivity index is 3.17. The molecule has 0 saturated carbocycles. The van der Waals surface area contributed by atoms with Crippen molar-refractivity contribution in [2.45, 2.75) is 79.1 Å². The summed E-state index contributed by atoms with van der Waals surface area (Å²) >= 11 is 0. The van der Waals surface area contributed by atoms with Gasteiger partial charge in [0, 0.05) is 23.0 Å². The van der Waals surface area contributed by atoms with E-state index in [2.05, 4.69) is 38.1 Å². The molecular formula is C24H36N2O2. The molecule has 0 spiro atoms. The highest BCUT2D eigenvalue weighted by atomic mass is 16.1. The molecule has 0 heterocycles. The third kappa shape index (κ3) is 5.82. The molecule has 154 valence electrons. The Morgan fingerprint density at radius 2 is 1.04 bits per heavy atom. The summed E-state index contributed by atoms with van der Waals surface area (Å²) in [6.07, 6.45) is 3.20. The highest BCUT2D eigenvalue weighted by Crippen LogP contribution is 2.31. The Morgan fingerprint density at radius 1 is 0.750 bits per heavy atom. The number of rotatable bonds is 10. The number of benzene rings is 1. The van der Waals surface area contributed by atoms with Crippen LogP contribution in [0.5, 0.6) is 0 Å². The molecule has 1 aromatic rings. The average Bonchev–Trinajstić information content (AvgIpc) is 2.67. The fourth-order valence-electron chi connectivity index (χ4n) is 3.63. The van der Waals surface area contributed by atoms with Crippen molar-refractivity contribution in [3.05, 3.63) is 57.7 Å². The van der Waals surface area contributed by atoms with Crippen LogP contribution in [0.1, 0.15) is 90.2 Å². The van der Waals surface area contributed by atoms with E-state index in [1.807, 2.05) is 27.7 Å². The van der Waals surface area contributed by atoms with Gasteiger partial charge in [-0.1, -0.05) is 75.9 Å². The van der Waals surface area contributed by atoms with Gasteiger partial charge in [0.2, 0.25) is 11.8 Å². The average molecular weight is 385 g/mol. The van der Waals surface area contributed by atoms with Crippen molar-refractivity contribution in [2.75, 3.05) is 0 Å². The standard InChI is InChI=1S/C24H36N2O2/c1-7-9-21(23(25)27)17(5)15(3)19-11-13-20(14-12-19)16(4)18(6)22(10-8-2)24(26)28/h11-16H,7-10H2,1-6H3,(H2,25,27)(H2,26,28)/b21-17+,22-18+. The zero-order chi connectivity index (χ0) is 21.4. The number of hydrogen-bond donors (Lipinski definition) is 2. The molecule has 0 aromatic heterocycles. The van der Waals surface area contributed by atoms with E-state index in [-0.39, 0.29) is 23.7 Å². The maximum Gasteiger partial charge on any atom is 0.244 e. The van der Waals surface area contributed by atoms with Crippen molar-refractivity contribution in [3.63, 3.8) is 0 Å². The molecular weight excluding hydrogens is 348 g/mol. The third-order valence-electron chi connectivity index (χ3n) is 5.78. The minimum Gasteiger partial charge on any atom is -0.366 e. The Kier molecular flexibility index (Phi) is 9.17. The van der Waals surface area contributed by atoms with Crippen LogP contribution in [-0.4, -0.2) is 11.8 Å². The molecule has 0 aliphatic rings. The molecule has 28 heavy (non-hydrogen) atoms. The van der Waals surface area contributed by atoms with Crippen molar-refractivity contribution in [1.29, 1.82) is 0 Å². The van der Waals surface area contributed by atoms with Gasteiger partial charge in [-0.25, -0.2) is 0 Å². The highest BCUT2D eigenvalue weighted by Gasteiger charge is 2.18. The van der Waals surface area contributed by atoms with Crippen LogP contribution in [-0.2, 0) is 9.59 Å². The summed E-state index contributed by atoms with van der Waals surface area (Å²) < 4.78 is 0. The Bertz CT molecular complexity index is 692. The quantitative estimate of drug-likeness (QED) is 0.550. The van der Waals surface area contributed by atoms with Gasteiger partial charge in [0.05, 0.1) is 0 Å². The molecule has 2 unspecified atom stereocenters. The summed E-state index contributed by atoms with van der Waals surface area (Å²) in [7, 11) is 0. The smallest absolute Gasteiger partial charge is 0.244 e. The monoisotopic (exact) mass is 384 g/mol. The summed E-state index contributed by atoms with van der Waals surface area (Å²) in [5, 5.41) is 0. The number of allylic oxidation sites excluding steroid dienone is 2. The van der Waals surface area contributed by atoms with Crippen LogP contribution in [0.3, 0.4) is 0 Å². The minimum absolute atomic E-state index is 0.122. The number of carbonyl (C=O) groups is 2. The summed E-state index contributed by atoms with van der Waals surface area (Å²) in [5.74, 6) is -0.410. The fourth-order valence-corrected chi connectivity index (χ4v) is 3.63. The first-order chi connectivity index (χ1) is 13.1. The lowest BCUT2D eigenvalue weighted by atomic mass is 9.85. The predicted molar refractivity (Wildman–Crippen MR) is 117 cm³/mol. The molecule has 0 aliphatic carbocycles. The van der Waals surface area contributed by atoms with Crippen molar-refractivity contribution >= 4 is 11.8 Å². The van der Waals surface area contributed by atoms with Gasteiger partial charge in [-0.15, -0.1) is 0 Å². The Hall–Kier alpha value is -2.36. The molecule has 4 N–H and O–H groups in total. The molecule has 0 saturated heterocycles. The van der Waals surface area contributed by atoms with Crippen LogP contribution in [0.2, 0.25) is 0 Å². The SMILES string of the molecule is CCC/C(C(N)=O)=C(/C)C(C)c1ccc(C(C)/C(C)=C(\CCC)C(N)=O)cc1. The molecule has 0 aliphatic heterocycles. The Labute approximate surface area is 170 Å². The number of primary amides is 2. The molecule has 4 heteroatoms. The maximum absolute atomic E-state index is 11.8. The van der Waals surface area contributed by atoms with E-state index in [9.17, 15) is 9.59 Å². The summed E-state index contributed by atoms with van der Waals surface area (Å²) in [6.45, 7) is 12.3. The first-order valence-electron chi connectivity index (χ1n) is 10.2. The molecule has 0 bridgehead atoms. The molecule has 0 fully saturated rings. The van der Waals surface area contributed by atoms with Crippen LogP contribution in [0.4, 0.5) is 0 Å². The zero-order valence-electron chi connectivity index (χ0n) is 18.3. The van der Waals surface area contributed by atoms with Gasteiger partial charge in [0.15, 0.2) is 0 Å². The maximum atomic E-state index is 11.8. The second-order valence-corrected chi connectivity index (χ2v) is 7.66. The van der Waals surface area contributed by atoms with Gasteiger partial charge in [-0.2, -0.15) is 0 Å². The molecule has 2 atom stereocenters. The molecule has 2 amide bonds. The summed E-state index contributed by atoms with van der Waals surface area (Å²) in [5.41, 5.74) is 17.0. The van der Waals surface area contributed by atoms with Crippen molar-refractivity contribution in [2.24, 2.45) is 11.5 Å². The molecule has 1 rings (SSSR count). The Morgan fingerprint density at radius 3 is 1.25 bits per heavy atom. The predicted octanol–water partition coefficient (Wildman–Crippen LogP) is 5.10. The van der Waals surface area contributed by atoms with Gasteiger partial charge in [-0.05, 0) is 37.8 Å². The normalized spacial score (nSPS) is 15.4. The number of nitrogens with two attached hydrogens (primary N) is 2. The van der Waals surface area contributed by atoms with E-state index in [0.717, 1.165) is 46.3 Å². The topological polar surface area (TPSA) is 86.2 Å². The first-order valence-corrected chi connectivity index (χ1v) is 10.2. The zero-order valence-corrected chi connectivity index (χ0v) is 18.3. The molecule has 4 nitrogen and oxygen atoms in total. The number of hydrogen-bond acceptors (Lipinski definition) is 2. The van der Waals surface area contributed by atoms with Gasteiger partial charge in [0.25, 0.3) is 0 Å². The first kappa shape index (κ1) is 23.7. The fraction of sp³-hybridized carbons (Fsp3) is 0.500. The molecule has 1 aromatic carbocycles. The van der Waals surface area contributed by atoms with E-state index < -0.39 is 0 Å². The van der Waals surface area contributed by atoms with E-state index in [1.165, 1.54) is 0 Å². The van der Waals surface area contributed by atoms with Gasteiger partial charge < -0.3 is 11.5 Å². The van der Waals surface area contributed by atoms with Crippen LogP contribution in [0, 0.1) is 0 Å². The van der Waals surface area contributed by atoms with Crippen molar-refractivity contribution in [3.8, 4) is 0 Å². The van der Waals surface area contributed by atoms with Crippen LogP contribution in [0.25, 0.3) is 0 Å². The summed E-state index contributed by atoms with van der Waals surface area (Å²) in [6, 6.07) is 8.40. The van der Waals surface area contributed by atoms with Gasteiger partial charge >= 0.3 is 0 Å². The van der Waals surface area contributed by atoms with Crippen LogP contribution in [0.15, 0.2) is 46.6 Å². The lowest BCUT2D eigenvalue weighted by Crippen LogP contribution is -2.17. The lowest BCUT2D eigenvalue weighted by molar-refractivity contribution is -0.115. The lowest BCUT2D eigenvalue weighted by Gasteiger charge is -2.20. The van der Waals surface area contributed by atoms with E-state index in [4.69, 9.17) is 11.5 Å². The number of amides is 2. The van der Waals surface area contributed by atoms with E-state index in [1.54, 1.807) is 0 Å².